The number of hydrogen-bond acceptors (Lipinski definition) is 1. The zero-order chi connectivity index (χ0) is 16.2. The van der Waals surface area contributed by atoms with Gasteiger partial charge in [-0.15, -0.1) is 0 Å². The minimum Gasteiger partial charge on any atom is -0.352 e. The first-order chi connectivity index (χ1) is 10.7. The largest absolute Gasteiger partial charge is 0.352 e. The maximum atomic E-state index is 12.0. The topological polar surface area (TPSA) is 33.5 Å². The molecule has 2 N–H and O–H groups in total. The van der Waals surface area contributed by atoms with Crippen LogP contribution in [0.2, 0.25) is 5.02 Å². The summed E-state index contributed by atoms with van der Waals surface area (Å²) in [5.41, 5.74) is 0.633. The second kappa shape index (κ2) is 11.5. The molecule has 1 aromatic rings. The Bertz CT molecular complexity index is 429. The van der Waals surface area contributed by atoms with Crippen LogP contribution >= 0.6 is 11.6 Å². The van der Waals surface area contributed by atoms with Crippen LogP contribution < -0.4 is 10.2 Å². The third-order valence-electron chi connectivity index (χ3n) is 3.85. The highest BCUT2D eigenvalue weighted by molar-refractivity contribution is 6.30. The summed E-state index contributed by atoms with van der Waals surface area (Å²) >= 11 is 5.91. The quantitative estimate of drug-likeness (QED) is 0.603. The Hall–Kier alpha value is -1.06. The van der Waals surface area contributed by atoms with Gasteiger partial charge in [0, 0.05) is 23.6 Å². The molecule has 1 rings (SSSR count). The van der Waals surface area contributed by atoms with Crippen LogP contribution in [0.1, 0.15) is 56.3 Å². The summed E-state index contributed by atoms with van der Waals surface area (Å²) in [6.07, 6.45) is 6.10. The van der Waals surface area contributed by atoms with Crippen LogP contribution in [0, 0.1) is 0 Å². The first-order valence-electron chi connectivity index (χ1n) is 8.54. The Morgan fingerprint density at radius 2 is 1.73 bits per heavy atom. The number of quaternary nitrogens is 1. The first-order valence-corrected chi connectivity index (χ1v) is 8.92. The third kappa shape index (κ3) is 7.81. The number of hydrogen-bond donors (Lipinski definition) is 2. The van der Waals surface area contributed by atoms with E-state index in [-0.39, 0.29) is 5.91 Å². The van der Waals surface area contributed by atoms with Crippen LogP contribution in [0.4, 0.5) is 0 Å². The number of halogens is 1. The molecule has 4 heteroatoms. The molecule has 0 bridgehead atoms. The number of unbranched alkanes of at least 4 members (excludes halogenated alkanes) is 2. The lowest BCUT2D eigenvalue weighted by atomic mass is 10.2. The molecule has 0 radical (unpaired) electrons. The van der Waals surface area contributed by atoms with Crippen molar-refractivity contribution in [3.63, 3.8) is 0 Å². The minimum atomic E-state index is -0.0360. The van der Waals surface area contributed by atoms with E-state index in [0.717, 1.165) is 19.5 Å². The van der Waals surface area contributed by atoms with Crippen LogP contribution in [-0.4, -0.2) is 32.1 Å². The lowest BCUT2D eigenvalue weighted by Gasteiger charge is -2.19. The summed E-state index contributed by atoms with van der Waals surface area (Å²) in [6.45, 7) is 8.84. The van der Waals surface area contributed by atoms with E-state index in [1.165, 1.54) is 38.8 Å². The van der Waals surface area contributed by atoms with Crippen molar-refractivity contribution in [3.05, 3.63) is 34.9 Å². The first kappa shape index (κ1) is 19.0. The molecule has 124 valence electrons. The van der Waals surface area contributed by atoms with Gasteiger partial charge in [0.2, 0.25) is 0 Å². The monoisotopic (exact) mass is 325 g/mol. The lowest BCUT2D eigenvalue weighted by Crippen LogP contribution is -3.12. The van der Waals surface area contributed by atoms with Gasteiger partial charge in [0.1, 0.15) is 0 Å². The van der Waals surface area contributed by atoms with E-state index in [1.807, 2.05) is 0 Å². The van der Waals surface area contributed by atoms with Gasteiger partial charge in [-0.1, -0.05) is 44.4 Å². The van der Waals surface area contributed by atoms with Gasteiger partial charge in [-0.05, 0) is 31.0 Å². The Morgan fingerprint density at radius 3 is 2.32 bits per heavy atom. The van der Waals surface area contributed by atoms with Crippen LogP contribution in [0.25, 0.3) is 0 Å². The fourth-order valence-corrected chi connectivity index (χ4v) is 2.69. The van der Waals surface area contributed by atoms with Gasteiger partial charge in [-0.25, -0.2) is 0 Å². The molecule has 0 aliphatic heterocycles. The predicted molar refractivity (Wildman–Crippen MR) is 93.8 cm³/mol. The highest BCUT2D eigenvalue weighted by Gasteiger charge is 2.08. The third-order valence-corrected chi connectivity index (χ3v) is 4.08. The maximum Gasteiger partial charge on any atom is 0.251 e. The molecule has 3 nitrogen and oxygen atoms in total. The van der Waals surface area contributed by atoms with E-state index in [2.05, 4.69) is 19.2 Å². The summed E-state index contributed by atoms with van der Waals surface area (Å²) in [5, 5.41) is 3.58. The van der Waals surface area contributed by atoms with Crippen LogP contribution in [-0.2, 0) is 0 Å². The molecule has 1 aromatic carbocycles. The van der Waals surface area contributed by atoms with Crippen molar-refractivity contribution in [2.24, 2.45) is 0 Å². The van der Waals surface area contributed by atoms with E-state index in [9.17, 15) is 4.79 Å². The van der Waals surface area contributed by atoms with Gasteiger partial charge in [-0.3, -0.25) is 4.79 Å². The van der Waals surface area contributed by atoms with Crippen molar-refractivity contribution in [3.8, 4) is 0 Å². The van der Waals surface area contributed by atoms with Crippen molar-refractivity contribution in [2.45, 2.75) is 46.0 Å². The molecule has 0 unspecified atom stereocenters. The molecule has 0 saturated heterocycles. The summed E-state index contributed by atoms with van der Waals surface area (Å²) in [6, 6.07) is 7.08. The predicted octanol–water partition coefficient (Wildman–Crippen LogP) is 2.95. The summed E-state index contributed by atoms with van der Waals surface area (Å²) in [4.78, 5) is 13.7. The van der Waals surface area contributed by atoms with Crippen molar-refractivity contribution >= 4 is 17.5 Å². The average molecular weight is 326 g/mol. The highest BCUT2D eigenvalue weighted by Crippen LogP contribution is 2.10. The second-order valence-electron chi connectivity index (χ2n) is 5.83. The minimum absolute atomic E-state index is 0.0360. The lowest BCUT2D eigenvalue weighted by molar-refractivity contribution is -0.900. The summed E-state index contributed by atoms with van der Waals surface area (Å²) in [7, 11) is 0. The zero-order valence-corrected chi connectivity index (χ0v) is 14.7. The smallest absolute Gasteiger partial charge is 0.251 e. The van der Waals surface area contributed by atoms with Crippen LogP contribution in [0.15, 0.2) is 24.3 Å². The normalized spacial score (nSPS) is 10.9. The Morgan fingerprint density at radius 1 is 1.09 bits per heavy atom. The van der Waals surface area contributed by atoms with E-state index in [1.54, 1.807) is 29.2 Å². The van der Waals surface area contributed by atoms with Crippen molar-refractivity contribution in [2.75, 3.05) is 26.2 Å². The van der Waals surface area contributed by atoms with Crippen LogP contribution in [0.5, 0.6) is 0 Å². The van der Waals surface area contributed by atoms with E-state index in [4.69, 9.17) is 11.6 Å². The molecular formula is C18H30ClN2O+. The SMILES string of the molecule is CCCC[NH+](CCCC)CCCNC(=O)c1cccc(Cl)c1. The number of carbonyl (C=O) groups excluding carboxylic acids is 1. The number of nitrogens with one attached hydrogen (secondary N) is 2. The fourth-order valence-electron chi connectivity index (χ4n) is 2.50. The Balaban J connectivity index is 2.28. The molecule has 1 amide bonds. The van der Waals surface area contributed by atoms with Crippen LogP contribution in [0.3, 0.4) is 0 Å². The van der Waals surface area contributed by atoms with Crippen molar-refractivity contribution in [1.82, 2.24) is 5.32 Å². The van der Waals surface area contributed by atoms with Crippen molar-refractivity contribution < 1.29 is 9.69 Å². The molecule has 0 aromatic heterocycles. The maximum absolute atomic E-state index is 12.0. The van der Waals surface area contributed by atoms with Gasteiger partial charge < -0.3 is 10.2 Å². The number of carbonyl (C=O) groups is 1. The number of rotatable bonds is 11. The Kier molecular flexibility index (Phi) is 9.93. The fraction of sp³-hybridized carbons (Fsp3) is 0.611. The van der Waals surface area contributed by atoms with Gasteiger partial charge >= 0.3 is 0 Å². The molecule has 0 aliphatic carbocycles. The van der Waals surface area contributed by atoms with Gasteiger partial charge in [-0.2, -0.15) is 0 Å². The summed E-state index contributed by atoms with van der Waals surface area (Å²) in [5.74, 6) is -0.0360. The highest BCUT2D eigenvalue weighted by atomic mass is 35.5. The molecule has 0 atom stereocenters. The zero-order valence-electron chi connectivity index (χ0n) is 14.0. The van der Waals surface area contributed by atoms with E-state index < -0.39 is 0 Å². The molecular weight excluding hydrogens is 296 g/mol. The number of benzene rings is 1. The van der Waals surface area contributed by atoms with E-state index >= 15 is 0 Å². The van der Waals surface area contributed by atoms with Gasteiger partial charge in [0.25, 0.3) is 5.91 Å². The van der Waals surface area contributed by atoms with Gasteiger partial charge in [0.05, 0.1) is 19.6 Å². The average Bonchev–Trinajstić information content (AvgIpc) is 2.53. The van der Waals surface area contributed by atoms with E-state index in [0.29, 0.717) is 10.6 Å². The van der Waals surface area contributed by atoms with Crippen molar-refractivity contribution in [1.29, 1.82) is 0 Å². The molecule has 0 fully saturated rings. The standard InChI is InChI=1S/C18H29ClN2O/c1-3-5-12-21(13-6-4-2)14-8-11-20-18(22)16-9-7-10-17(19)15-16/h7,9-10,15H,3-6,8,11-14H2,1-2H3,(H,20,22)/p+1. The number of amides is 1. The molecule has 0 saturated carbocycles. The molecule has 22 heavy (non-hydrogen) atoms. The molecule has 0 spiro atoms. The summed E-state index contributed by atoms with van der Waals surface area (Å²) < 4.78 is 0. The van der Waals surface area contributed by atoms with Gasteiger partial charge in [0.15, 0.2) is 0 Å². The molecule has 0 aliphatic rings. The second-order valence-corrected chi connectivity index (χ2v) is 6.26. The molecule has 0 heterocycles. The Labute approximate surface area is 140 Å².